The van der Waals surface area contributed by atoms with E-state index in [9.17, 15) is 13.2 Å². The maximum atomic E-state index is 11.8. The van der Waals surface area contributed by atoms with Gasteiger partial charge < -0.3 is 19.3 Å². The zero-order valence-electron chi connectivity index (χ0n) is 23.1. The molecule has 0 unspecified atom stereocenters. The second-order valence-corrected chi connectivity index (χ2v) is 12.7. The number of ether oxygens (including phenoxy) is 3. The number of hydrogen-bond donors (Lipinski definition) is 1. The average Bonchev–Trinajstić information content (AvgIpc) is 3.28. The van der Waals surface area contributed by atoms with E-state index in [1.54, 1.807) is 0 Å². The first-order chi connectivity index (χ1) is 19.1. The van der Waals surface area contributed by atoms with Crippen LogP contribution >= 0.6 is 0 Å². The van der Waals surface area contributed by atoms with E-state index in [-0.39, 0.29) is 18.4 Å². The number of rotatable bonds is 9. The summed E-state index contributed by atoms with van der Waals surface area (Å²) >= 11 is 0. The van der Waals surface area contributed by atoms with Crippen molar-refractivity contribution in [1.29, 1.82) is 0 Å². The van der Waals surface area contributed by atoms with Crippen molar-refractivity contribution in [3.05, 3.63) is 76.9 Å². The van der Waals surface area contributed by atoms with E-state index in [2.05, 4.69) is 38.1 Å². The van der Waals surface area contributed by atoms with Gasteiger partial charge in [0.05, 0.1) is 19.3 Å². The third kappa shape index (κ3) is 6.42. The van der Waals surface area contributed by atoms with Gasteiger partial charge in [0, 0.05) is 30.6 Å². The van der Waals surface area contributed by atoms with Gasteiger partial charge >= 0.3 is 5.97 Å². The number of aliphatic carboxylic acids is 1. The van der Waals surface area contributed by atoms with Crippen molar-refractivity contribution >= 4 is 16.0 Å². The van der Waals surface area contributed by atoms with Crippen molar-refractivity contribution in [3.8, 4) is 28.4 Å². The van der Waals surface area contributed by atoms with Crippen LogP contribution in [0.1, 0.15) is 47.4 Å². The molecular formula is C31H35NO7S. The number of aryl methyl sites for hydroxylation is 2. The molecule has 1 saturated heterocycles. The van der Waals surface area contributed by atoms with Crippen LogP contribution in [0, 0.1) is 13.8 Å². The van der Waals surface area contributed by atoms with E-state index in [1.165, 1.54) is 10.6 Å². The summed E-state index contributed by atoms with van der Waals surface area (Å²) in [5, 5.41) is 9.11. The van der Waals surface area contributed by atoms with Crippen molar-refractivity contribution in [2.75, 3.05) is 26.0 Å². The van der Waals surface area contributed by atoms with Crippen LogP contribution in [0.25, 0.3) is 11.1 Å². The van der Waals surface area contributed by atoms with Gasteiger partial charge in [-0.2, -0.15) is 0 Å². The Labute approximate surface area is 235 Å². The van der Waals surface area contributed by atoms with Crippen LogP contribution in [-0.4, -0.2) is 55.9 Å². The molecule has 212 valence electrons. The molecule has 1 fully saturated rings. The lowest BCUT2D eigenvalue weighted by Crippen LogP contribution is -2.41. The van der Waals surface area contributed by atoms with Crippen molar-refractivity contribution in [2.24, 2.45) is 0 Å². The minimum Gasteiger partial charge on any atom is -0.492 e. The largest absolute Gasteiger partial charge is 0.492 e. The van der Waals surface area contributed by atoms with Crippen LogP contribution in [-0.2, 0) is 21.4 Å². The number of carboxylic acid groups (broad SMARTS) is 1. The standard InChI is InChI=1S/C31H35NO7S/c1-20-13-27(39-25-9-11-32(12-10-25)40(3,35)36)14-21(2)31(20)23-6-4-5-22(15-23)18-37-26-7-8-28-24(16-30(33)34)19-38-29(28)17-26/h4-8,13-15,17,24-25H,9-12,16,18-19H2,1-3H3,(H,33,34)/t24-/m1/s1. The number of carboxylic acids is 1. The summed E-state index contributed by atoms with van der Waals surface area (Å²) in [5.41, 5.74) is 6.39. The number of nitrogens with zero attached hydrogens (tertiary/aromatic N) is 1. The Kier molecular flexibility index (Phi) is 8.05. The molecule has 3 aromatic rings. The Morgan fingerprint density at radius 1 is 1.02 bits per heavy atom. The average molecular weight is 566 g/mol. The van der Waals surface area contributed by atoms with Crippen LogP contribution in [0.3, 0.4) is 0 Å². The summed E-state index contributed by atoms with van der Waals surface area (Å²) in [4.78, 5) is 11.1. The molecule has 1 N–H and O–H groups in total. The summed E-state index contributed by atoms with van der Waals surface area (Å²) in [5.74, 6) is 1.21. The first kappa shape index (κ1) is 28.0. The third-order valence-corrected chi connectivity index (χ3v) is 8.89. The number of sulfonamides is 1. The van der Waals surface area contributed by atoms with Gasteiger partial charge in [-0.1, -0.05) is 24.3 Å². The molecule has 5 rings (SSSR count). The van der Waals surface area contributed by atoms with Crippen molar-refractivity contribution in [3.63, 3.8) is 0 Å². The van der Waals surface area contributed by atoms with Crippen molar-refractivity contribution in [1.82, 2.24) is 4.31 Å². The van der Waals surface area contributed by atoms with Crippen LogP contribution in [0.4, 0.5) is 0 Å². The molecule has 9 heteroatoms. The van der Waals surface area contributed by atoms with Gasteiger partial charge in [0.2, 0.25) is 10.0 Å². The predicted molar refractivity (Wildman–Crippen MR) is 153 cm³/mol. The molecule has 8 nitrogen and oxygen atoms in total. The van der Waals surface area contributed by atoms with Gasteiger partial charge in [-0.05, 0) is 78.8 Å². The maximum Gasteiger partial charge on any atom is 0.304 e. The van der Waals surface area contributed by atoms with Crippen molar-refractivity contribution < 1.29 is 32.5 Å². The minimum absolute atomic E-state index is 0.00389. The second-order valence-electron chi connectivity index (χ2n) is 10.7. The molecule has 2 aliphatic heterocycles. The Balaban J connectivity index is 1.24. The van der Waals surface area contributed by atoms with E-state index in [0.717, 1.165) is 39.1 Å². The summed E-state index contributed by atoms with van der Waals surface area (Å²) in [6.45, 7) is 5.88. The van der Waals surface area contributed by atoms with Crippen LogP contribution < -0.4 is 14.2 Å². The van der Waals surface area contributed by atoms with Gasteiger partial charge in [0.25, 0.3) is 0 Å². The first-order valence-corrected chi connectivity index (χ1v) is 15.4. The van der Waals surface area contributed by atoms with Gasteiger partial charge in [0.15, 0.2) is 0 Å². The van der Waals surface area contributed by atoms with Gasteiger partial charge in [-0.3, -0.25) is 4.79 Å². The SMILES string of the molecule is Cc1cc(OC2CCN(S(C)(=O)=O)CC2)cc(C)c1-c1cccc(COc2ccc3c(c2)OC[C@H]3CC(=O)O)c1. The Bertz CT molecular complexity index is 1490. The molecule has 0 spiro atoms. The molecule has 3 aromatic carbocycles. The number of carbonyl (C=O) groups is 1. The summed E-state index contributed by atoms with van der Waals surface area (Å²) in [6.07, 6.45) is 2.65. The highest BCUT2D eigenvalue weighted by Gasteiger charge is 2.27. The zero-order chi connectivity index (χ0) is 28.4. The fourth-order valence-electron chi connectivity index (χ4n) is 5.63. The van der Waals surface area contributed by atoms with Crippen LogP contribution in [0.5, 0.6) is 17.2 Å². The lowest BCUT2D eigenvalue weighted by atomic mass is 9.94. The molecule has 2 aliphatic rings. The highest BCUT2D eigenvalue weighted by atomic mass is 32.2. The number of hydrogen-bond acceptors (Lipinski definition) is 6. The number of benzene rings is 3. The van der Waals surface area contributed by atoms with E-state index in [1.807, 2.05) is 30.3 Å². The summed E-state index contributed by atoms with van der Waals surface area (Å²) < 4.78 is 43.1. The predicted octanol–water partition coefficient (Wildman–Crippen LogP) is 5.30. The molecule has 40 heavy (non-hydrogen) atoms. The van der Waals surface area contributed by atoms with Gasteiger partial charge in [0.1, 0.15) is 30.0 Å². The number of fused-ring (bicyclic) bond motifs is 1. The van der Waals surface area contributed by atoms with Gasteiger partial charge in [-0.15, -0.1) is 0 Å². The molecular weight excluding hydrogens is 530 g/mol. The quantitative estimate of drug-likeness (QED) is 0.376. The molecule has 2 heterocycles. The molecule has 1 atom stereocenters. The lowest BCUT2D eigenvalue weighted by molar-refractivity contribution is -0.137. The molecule has 0 bridgehead atoms. The van der Waals surface area contributed by atoms with Crippen molar-refractivity contribution in [2.45, 2.75) is 51.7 Å². The Morgan fingerprint density at radius 2 is 1.75 bits per heavy atom. The summed E-state index contributed by atoms with van der Waals surface area (Å²) in [7, 11) is -3.16. The molecule has 0 saturated carbocycles. The number of piperidine rings is 1. The Morgan fingerprint density at radius 3 is 2.42 bits per heavy atom. The highest BCUT2D eigenvalue weighted by molar-refractivity contribution is 7.88. The van der Waals surface area contributed by atoms with Crippen LogP contribution in [0.15, 0.2) is 54.6 Å². The fourth-order valence-corrected chi connectivity index (χ4v) is 6.51. The maximum absolute atomic E-state index is 11.8. The first-order valence-electron chi connectivity index (χ1n) is 13.5. The molecule has 0 aromatic heterocycles. The topological polar surface area (TPSA) is 102 Å². The smallest absolute Gasteiger partial charge is 0.304 e. The molecule has 0 radical (unpaired) electrons. The fraction of sp³-hybridized carbons (Fsp3) is 0.387. The normalized spacial score (nSPS) is 17.7. The second kappa shape index (κ2) is 11.5. The molecule has 0 amide bonds. The van der Waals surface area contributed by atoms with E-state index >= 15 is 0 Å². The minimum atomic E-state index is -3.16. The zero-order valence-corrected chi connectivity index (χ0v) is 23.9. The third-order valence-electron chi connectivity index (χ3n) is 7.59. The van der Waals surface area contributed by atoms with E-state index in [4.69, 9.17) is 19.3 Å². The Hall–Kier alpha value is -3.56. The summed E-state index contributed by atoms with van der Waals surface area (Å²) in [6, 6.07) is 18.0. The van der Waals surface area contributed by atoms with E-state index < -0.39 is 16.0 Å². The lowest BCUT2D eigenvalue weighted by Gasteiger charge is -2.30. The van der Waals surface area contributed by atoms with Gasteiger partial charge in [-0.25, -0.2) is 12.7 Å². The van der Waals surface area contributed by atoms with Crippen LogP contribution in [0.2, 0.25) is 0 Å². The molecule has 0 aliphatic carbocycles. The monoisotopic (exact) mass is 565 g/mol. The highest BCUT2D eigenvalue weighted by Crippen LogP contribution is 2.38. The van der Waals surface area contributed by atoms with E-state index in [0.29, 0.717) is 50.6 Å².